The van der Waals surface area contributed by atoms with Crippen molar-refractivity contribution in [2.75, 3.05) is 6.54 Å². The Morgan fingerprint density at radius 3 is 2.64 bits per heavy atom. The fourth-order valence-electron chi connectivity index (χ4n) is 3.47. The SMILES string of the molecule is CC(C)[C@H](N)C(=O)N1C[C@H](O)C[C@H]1C(=O)CCc1ccc(-c2cncs2)cc1. The third-order valence-electron chi connectivity index (χ3n) is 5.27. The number of thiazole rings is 1. The molecule has 1 aromatic heterocycles. The van der Waals surface area contributed by atoms with Gasteiger partial charge in [0.1, 0.15) is 0 Å². The predicted molar refractivity (Wildman–Crippen MR) is 110 cm³/mol. The van der Waals surface area contributed by atoms with Crippen LogP contribution >= 0.6 is 11.3 Å². The molecule has 0 radical (unpaired) electrons. The zero-order valence-electron chi connectivity index (χ0n) is 16.2. The van der Waals surface area contributed by atoms with Crippen molar-refractivity contribution in [3.63, 3.8) is 0 Å². The smallest absolute Gasteiger partial charge is 0.240 e. The molecule has 150 valence electrons. The molecule has 1 aromatic carbocycles. The van der Waals surface area contributed by atoms with Gasteiger partial charge in [0.2, 0.25) is 5.91 Å². The van der Waals surface area contributed by atoms with Crippen molar-refractivity contribution in [1.29, 1.82) is 0 Å². The topological polar surface area (TPSA) is 96.5 Å². The Bertz CT molecular complexity index is 805. The number of Topliss-reactive ketones (excluding diaryl/α,β-unsaturated/α-hetero) is 1. The lowest BCUT2D eigenvalue weighted by Gasteiger charge is -2.27. The van der Waals surface area contributed by atoms with E-state index in [0.29, 0.717) is 19.3 Å². The molecule has 3 rings (SSSR count). The number of aliphatic hydroxyl groups is 1. The quantitative estimate of drug-likeness (QED) is 0.742. The number of aliphatic hydroxyl groups excluding tert-OH is 1. The number of aromatic nitrogens is 1. The van der Waals surface area contributed by atoms with E-state index in [9.17, 15) is 14.7 Å². The molecule has 1 aliphatic rings. The molecule has 1 amide bonds. The summed E-state index contributed by atoms with van der Waals surface area (Å²) in [6.07, 6.45) is 2.39. The number of carbonyl (C=O) groups is 2. The van der Waals surface area contributed by atoms with E-state index in [0.717, 1.165) is 16.0 Å². The molecule has 3 N–H and O–H groups in total. The van der Waals surface area contributed by atoms with Crippen LogP contribution in [0.15, 0.2) is 36.0 Å². The molecule has 0 aliphatic carbocycles. The maximum atomic E-state index is 12.8. The molecule has 0 spiro atoms. The molecule has 28 heavy (non-hydrogen) atoms. The Balaban J connectivity index is 1.61. The Labute approximate surface area is 169 Å². The highest BCUT2D eigenvalue weighted by Crippen LogP contribution is 2.25. The summed E-state index contributed by atoms with van der Waals surface area (Å²) in [7, 11) is 0. The van der Waals surface area contributed by atoms with Crippen LogP contribution in [0.1, 0.15) is 32.3 Å². The normalized spacial score (nSPS) is 20.5. The minimum absolute atomic E-state index is 0.0157. The first-order valence-corrected chi connectivity index (χ1v) is 10.5. The Morgan fingerprint density at radius 2 is 2.04 bits per heavy atom. The molecule has 0 saturated carbocycles. The van der Waals surface area contributed by atoms with Crippen molar-refractivity contribution in [3.05, 3.63) is 41.5 Å². The van der Waals surface area contributed by atoms with E-state index in [1.807, 2.05) is 44.3 Å². The van der Waals surface area contributed by atoms with Crippen LogP contribution in [0.5, 0.6) is 0 Å². The van der Waals surface area contributed by atoms with Crippen molar-refractivity contribution in [3.8, 4) is 10.4 Å². The largest absolute Gasteiger partial charge is 0.391 e. The monoisotopic (exact) mass is 401 g/mol. The predicted octanol–water partition coefficient (Wildman–Crippen LogP) is 2.26. The maximum Gasteiger partial charge on any atom is 0.240 e. The first-order chi connectivity index (χ1) is 13.4. The van der Waals surface area contributed by atoms with Crippen LogP contribution in [-0.2, 0) is 16.0 Å². The summed E-state index contributed by atoms with van der Waals surface area (Å²) in [6.45, 7) is 3.93. The van der Waals surface area contributed by atoms with E-state index in [-0.39, 0.29) is 24.2 Å². The van der Waals surface area contributed by atoms with Gasteiger partial charge < -0.3 is 15.7 Å². The summed E-state index contributed by atoms with van der Waals surface area (Å²) < 4.78 is 0. The van der Waals surface area contributed by atoms with Crippen molar-refractivity contribution < 1.29 is 14.7 Å². The third kappa shape index (κ3) is 4.66. The number of ketones is 1. The van der Waals surface area contributed by atoms with Gasteiger partial charge in [-0.05, 0) is 23.5 Å². The fraction of sp³-hybridized carbons (Fsp3) is 0.476. The second kappa shape index (κ2) is 8.94. The molecule has 0 bridgehead atoms. The summed E-state index contributed by atoms with van der Waals surface area (Å²) in [5.41, 5.74) is 9.95. The summed E-state index contributed by atoms with van der Waals surface area (Å²) >= 11 is 1.59. The van der Waals surface area contributed by atoms with E-state index < -0.39 is 18.2 Å². The van der Waals surface area contributed by atoms with E-state index in [4.69, 9.17) is 5.73 Å². The first kappa shape index (κ1) is 20.6. The van der Waals surface area contributed by atoms with Gasteiger partial charge in [-0.2, -0.15) is 0 Å². The standard InChI is InChI=1S/C21H27N3O3S/c1-13(2)20(22)21(27)24-11-16(25)9-17(24)18(26)8-5-14-3-6-15(7-4-14)19-10-23-12-28-19/h3-4,6-7,10,12-13,16-17,20,25H,5,8-9,11,22H2,1-2H3/t16-,17+,20+/m1/s1. The van der Waals surface area contributed by atoms with Crippen LogP contribution in [0.25, 0.3) is 10.4 Å². The van der Waals surface area contributed by atoms with Gasteiger partial charge in [0.05, 0.1) is 28.6 Å². The van der Waals surface area contributed by atoms with Gasteiger partial charge in [-0.15, -0.1) is 11.3 Å². The lowest BCUT2D eigenvalue weighted by atomic mass is 9.99. The second-order valence-electron chi connectivity index (χ2n) is 7.69. The van der Waals surface area contributed by atoms with Crippen LogP contribution in [0.2, 0.25) is 0 Å². The number of benzene rings is 1. The van der Waals surface area contributed by atoms with Crippen LogP contribution in [0.4, 0.5) is 0 Å². The van der Waals surface area contributed by atoms with Gasteiger partial charge in [-0.1, -0.05) is 38.1 Å². The Morgan fingerprint density at radius 1 is 1.32 bits per heavy atom. The molecule has 3 atom stereocenters. The second-order valence-corrected chi connectivity index (χ2v) is 8.58. The van der Waals surface area contributed by atoms with Crippen molar-refractivity contribution in [2.24, 2.45) is 11.7 Å². The number of carbonyl (C=O) groups excluding carboxylic acids is 2. The fourth-order valence-corrected chi connectivity index (χ4v) is 4.10. The molecular formula is C21H27N3O3S. The summed E-state index contributed by atoms with van der Waals surface area (Å²) in [5, 5.41) is 10.0. The van der Waals surface area contributed by atoms with Gasteiger partial charge in [0.25, 0.3) is 0 Å². The Hall–Kier alpha value is -2.09. The van der Waals surface area contributed by atoms with Gasteiger partial charge in [0, 0.05) is 25.6 Å². The van der Waals surface area contributed by atoms with Crippen molar-refractivity contribution in [2.45, 2.75) is 51.3 Å². The van der Waals surface area contributed by atoms with Gasteiger partial charge in [-0.25, -0.2) is 0 Å². The highest BCUT2D eigenvalue weighted by atomic mass is 32.1. The molecule has 1 saturated heterocycles. The molecule has 1 fully saturated rings. The number of likely N-dealkylation sites (tertiary alicyclic amines) is 1. The summed E-state index contributed by atoms with van der Waals surface area (Å²) in [6, 6.07) is 6.87. The zero-order valence-corrected chi connectivity index (χ0v) is 17.1. The average Bonchev–Trinajstić information content (AvgIpc) is 3.35. The summed E-state index contributed by atoms with van der Waals surface area (Å²) in [5.74, 6) is -0.288. The molecule has 7 heteroatoms. The minimum atomic E-state index is -0.670. The highest BCUT2D eigenvalue weighted by molar-refractivity contribution is 7.13. The average molecular weight is 402 g/mol. The van der Waals surface area contributed by atoms with E-state index in [1.165, 1.54) is 4.90 Å². The number of β-amino-alcohol motifs (C(OH)–C–C–N with tert-alkyl or cyclic N) is 1. The minimum Gasteiger partial charge on any atom is -0.391 e. The molecule has 2 aromatic rings. The number of hydrogen-bond donors (Lipinski definition) is 2. The van der Waals surface area contributed by atoms with Gasteiger partial charge in [0.15, 0.2) is 5.78 Å². The van der Waals surface area contributed by atoms with Gasteiger partial charge in [-0.3, -0.25) is 14.6 Å². The van der Waals surface area contributed by atoms with Crippen LogP contribution < -0.4 is 5.73 Å². The third-order valence-corrected chi connectivity index (χ3v) is 6.09. The molecular weight excluding hydrogens is 374 g/mol. The molecule has 6 nitrogen and oxygen atoms in total. The molecule has 0 unspecified atom stereocenters. The number of rotatable bonds is 7. The van der Waals surface area contributed by atoms with Crippen LogP contribution in [0, 0.1) is 5.92 Å². The maximum absolute atomic E-state index is 12.8. The van der Waals surface area contributed by atoms with Crippen molar-refractivity contribution in [1.82, 2.24) is 9.88 Å². The van der Waals surface area contributed by atoms with Crippen LogP contribution in [-0.4, -0.2) is 51.4 Å². The van der Waals surface area contributed by atoms with E-state index in [2.05, 4.69) is 4.98 Å². The van der Waals surface area contributed by atoms with Gasteiger partial charge >= 0.3 is 0 Å². The number of aryl methyl sites for hydroxylation is 1. The lowest BCUT2D eigenvalue weighted by Crippen LogP contribution is -2.50. The molecule has 2 heterocycles. The zero-order chi connectivity index (χ0) is 20.3. The molecule has 1 aliphatic heterocycles. The Kier molecular flexibility index (Phi) is 6.59. The number of nitrogens with two attached hydrogens (primary N) is 1. The van der Waals surface area contributed by atoms with E-state index >= 15 is 0 Å². The lowest BCUT2D eigenvalue weighted by molar-refractivity contribution is -0.139. The van der Waals surface area contributed by atoms with E-state index in [1.54, 1.807) is 16.8 Å². The highest BCUT2D eigenvalue weighted by Gasteiger charge is 2.40. The van der Waals surface area contributed by atoms with Crippen molar-refractivity contribution >= 4 is 23.0 Å². The number of hydrogen-bond acceptors (Lipinski definition) is 6. The number of amides is 1. The summed E-state index contributed by atoms with van der Waals surface area (Å²) in [4.78, 5) is 32.1. The van der Waals surface area contributed by atoms with Crippen LogP contribution in [0.3, 0.4) is 0 Å². The first-order valence-electron chi connectivity index (χ1n) is 9.61. The number of nitrogens with zero attached hydrogens (tertiary/aromatic N) is 2.